The van der Waals surface area contributed by atoms with Gasteiger partial charge in [-0.3, -0.25) is 4.79 Å². The highest BCUT2D eigenvalue weighted by Crippen LogP contribution is 2.48. The fourth-order valence-corrected chi connectivity index (χ4v) is 3.28. The minimum atomic E-state index is -4.49. The Hall–Kier alpha value is -1.52. The van der Waals surface area contributed by atoms with E-state index in [4.69, 9.17) is 0 Å². The van der Waals surface area contributed by atoms with Gasteiger partial charge in [0.2, 0.25) is 0 Å². The maximum absolute atomic E-state index is 13.0. The standard InChI is InChI=1S/C15H16F3NO/c16-15(17,18)12-5-2-1-4-11(12)13(20)19-9-8-14(10-19)6-3-7-14/h1-2,4-5H,3,6-10H2. The predicted molar refractivity (Wildman–Crippen MR) is 68.2 cm³/mol. The molecule has 2 nitrogen and oxygen atoms in total. The SMILES string of the molecule is O=C(c1ccccc1C(F)(F)F)N1CCC2(CCC2)C1. The van der Waals surface area contributed by atoms with Crippen molar-refractivity contribution in [2.75, 3.05) is 13.1 Å². The van der Waals surface area contributed by atoms with Gasteiger partial charge in [0.15, 0.2) is 0 Å². The molecule has 0 radical (unpaired) electrons. The van der Waals surface area contributed by atoms with Crippen LogP contribution in [0.5, 0.6) is 0 Å². The van der Waals surface area contributed by atoms with Crippen LogP contribution in [-0.4, -0.2) is 23.9 Å². The van der Waals surface area contributed by atoms with Crippen molar-refractivity contribution in [1.82, 2.24) is 4.90 Å². The van der Waals surface area contributed by atoms with Crippen LogP contribution in [0.15, 0.2) is 24.3 Å². The van der Waals surface area contributed by atoms with Gasteiger partial charge in [-0.05, 0) is 36.8 Å². The second kappa shape index (κ2) is 4.50. The molecule has 1 aromatic carbocycles. The summed E-state index contributed by atoms with van der Waals surface area (Å²) in [6.45, 7) is 1.18. The van der Waals surface area contributed by atoms with E-state index in [0.717, 1.165) is 25.3 Å². The van der Waals surface area contributed by atoms with Crippen LogP contribution in [0.4, 0.5) is 13.2 Å². The monoisotopic (exact) mass is 283 g/mol. The highest BCUT2D eigenvalue weighted by Gasteiger charge is 2.45. The van der Waals surface area contributed by atoms with Crippen molar-refractivity contribution in [1.29, 1.82) is 0 Å². The van der Waals surface area contributed by atoms with Gasteiger partial charge in [0, 0.05) is 13.1 Å². The normalized spacial score (nSPS) is 21.1. The van der Waals surface area contributed by atoms with Crippen molar-refractivity contribution in [3.63, 3.8) is 0 Å². The zero-order chi connectivity index (χ0) is 14.4. The molecule has 1 aliphatic heterocycles. The van der Waals surface area contributed by atoms with Gasteiger partial charge in [-0.15, -0.1) is 0 Å². The number of nitrogens with zero attached hydrogens (tertiary/aromatic N) is 1. The van der Waals surface area contributed by atoms with E-state index in [2.05, 4.69) is 0 Å². The van der Waals surface area contributed by atoms with Crippen LogP contribution in [0.1, 0.15) is 41.6 Å². The Labute approximate surface area is 115 Å². The first-order chi connectivity index (χ1) is 9.41. The van der Waals surface area contributed by atoms with E-state index in [1.165, 1.54) is 24.6 Å². The lowest BCUT2D eigenvalue weighted by atomic mass is 9.68. The molecule has 3 rings (SSSR count). The molecule has 1 spiro atoms. The first-order valence-electron chi connectivity index (χ1n) is 6.87. The van der Waals surface area contributed by atoms with Gasteiger partial charge < -0.3 is 4.90 Å². The molecule has 5 heteroatoms. The maximum atomic E-state index is 13.0. The number of benzene rings is 1. The van der Waals surface area contributed by atoms with Crippen LogP contribution in [0.2, 0.25) is 0 Å². The Morgan fingerprint density at radius 3 is 2.40 bits per heavy atom. The van der Waals surface area contributed by atoms with Gasteiger partial charge in [-0.1, -0.05) is 18.6 Å². The van der Waals surface area contributed by atoms with E-state index in [0.29, 0.717) is 13.1 Å². The largest absolute Gasteiger partial charge is 0.417 e. The van der Waals surface area contributed by atoms with Gasteiger partial charge in [0.1, 0.15) is 0 Å². The lowest BCUT2D eigenvalue weighted by molar-refractivity contribution is -0.138. The summed E-state index contributed by atoms with van der Waals surface area (Å²) in [5, 5.41) is 0. The fourth-order valence-electron chi connectivity index (χ4n) is 3.28. The van der Waals surface area contributed by atoms with E-state index < -0.39 is 17.6 Å². The number of hydrogen-bond donors (Lipinski definition) is 0. The molecular weight excluding hydrogens is 267 g/mol. The Morgan fingerprint density at radius 2 is 1.85 bits per heavy atom. The minimum Gasteiger partial charge on any atom is -0.338 e. The molecule has 0 aromatic heterocycles. The lowest BCUT2D eigenvalue weighted by Crippen LogP contribution is -2.36. The van der Waals surface area contributed by atoms with Crippen molar-refractivity contribution in [2.24, 2.45) is 5.41 Å². The topological polar surface area (TPSA) is 20.3 Å². The van der Waals surface area contributed by atoms with Crippen LogP contribution < -0.4 is 0 Å². The number of alkyl halides is 3. The third-order valence-electron chi connectivity index (χ3n) is 4.60. The summed E-state index contributed by atoms with van der Waals surface area (Å²) < 4.78 is 38.9. The molecule has 0 atom stereocenters. The van der Waals surface area contributed by atoms with Crippen LogP contribution >= 0.6 is 0 Å². The number of likely N-dealkylation sites (tertiary alicyclic amines) is 1. The predicted octanol–water partition coefficient (Wildman–Crippen LogP) is 3.72. The number of amides is 1. The summed E-state index contributed by atoms with van der Waals surface area (Å²) in [5.41, 5.74) is -0.862. The summed E-state index contributed by atoms with van der Waals surface area (Å²) in [7, 11) is 0. The van der Waals surface area contributed by atoms with E-state index in [-0.39, 0.29) is 11.0 Å². The van der Waals surface area contributed by atoms with Gasteiger partial charge in [-0.25, -0.2) is 0 Å². The molecule has 0 N–H and O–H groups in total. The average molecular weight is 283 g/mol. The molecular formula is C15H16F3NO. The quantitative estimate of drug-likeness (QED) is 0.769. The van der Waals surface area contributed by atoms with Crippen LogP contribution in [0, 0.1) is 5.41 Å². The maximum Gasteiger partial charge on any atom is 0.417 e. The van der Waals surface area contributed by atoms with E-state index in [1.54, 1.807) is 4.90 Å². The molecule has 1 heterocycles. The summed E-state index contributed by atoms with van der Waals surface area (Å²) in [5.74, 6) is -0.485. The van der Waals surface area contributed by atoms with Crippen molar-refractivity contribution in [2.45, 2.75) is 31.9 Å². The number of carbonyl (C=O) groups is 1. The highest BCUT2D eigenvalue weighted by atomic mass is 19.4. The average Bonchev–Trinajstić information content (AvgIpc) is 2.82. The molecule has 1 saturated heterocycles. The van der Waals surface area contributed by atoms with Crippen LogP contribution in [-0.2, 0) is 6.18 Å². The van der Waals surface area contributed by atoms with Crippen LogP contribution in [0.25, 0.3) is 0 Å². The summed E-state index contributed by atoms with van der Waals surface area (Å²) in [4.78, 5) is 14.0. The second-order valence-electron chi connectivity index (χ2n) is 5.87. The Morgan fingerprint density at radius 1 is 1.15 bits per heavy atom. The Bertz CT molecular complexity index is 534. The molecule has 20 heavy (non-hydrogen) atoms. The Kier molecular flexibility index (Phi) is 3.03. The summed E-state index contributed by atoms with van der Waals surface area (Å²) in [6.07, 6.45) is -0.205. The van der Waals surface area contributed by atoms with Crippen molar-refractivity contribution >= 4 is 5.91 Å². The molecule has 2 fully saturated rings. The molecule has 0 bridgehead atoms. The van der Waals surface area contributed by atoms with Crippen molar-refractivity contribution in [3.05, 3.63) is 35.4 Å². The zero-order valence-corrected chi connectivity index (χ0v) is 11.0. The molecule has 108 valence electrons. The summed E-state index contributed by atoms with van der Waals surface area (Å²) >= 11 is 0. The third-order valence-corrected chi connectivity index (χ3v) is 4.60. The molecule has 1 saturated carbocycles. The van der Waals surface area contributed by atoms with E-state index >= 15 is 0 Å². The number of rotatable bonds is 1. The fraction of sp³-hybridized carbons (Fsp3) is 0.533. The van der Waals surface area contributed by atoms with Gasteiger partial charge in [0.05, 0.1) is 11.1 Å². The Balaban J connectivity index is 1.85. The third kappa shape index (κ3) is 2.19. The highest BCUT2D eigenvalue weighted by molar-refractivity contribution is 5.96. The minimum absolute atomic E-state index is 0.197. The smallest absolute Gasteiger partial charge is 0.338 e. The van der Waals surface area contributed by atoms with Crippen molar-refractivity contribution < 1.29 is 18.0 Å². The number of hydrogen-bond acceptors (Lipinski definition) is 1. The number of halogens is 3. The second-order valence-corrected chi connectivity index (χ2v) is 5.87. The summed E-state index contributed by atoms with van der Waals surface area (Å²) in [6, 6.07) is 5.05. The van der Waals surface area contributed by atoms with Crippen LogP contribution in [0.3, 0.4) is 0 Å². The van der Waals surface area contributed by atoms with E-state index in [1.807, 2.05) is 0 Å². The van der Waals surface area contributed by atoms with Gasteiger partial charge in [-0.2, -0.15) is 13.2 Å². The zero-order valence-electron chi connectivity index (χ0n) is 11.0. The van der Waals surface area contributed by atoms with Gasteiger partial charge in [0.25, 0.3) is 5.91 Å². The molecule has 1 aliphatic carbocycles. The van der Waals surface area contributed by atoms with E-state index in [9.17, 15) is 18.0 Å². The molecule has 2 aliphatic rings. The number of carbonyl (C=O) groups excluding carboxylic acids is 1. The first-order valence-corrected chi connectivity index (χ1v) is 6.87. The van der Waals surface area contributed by atoms with Gasteiger partial charge >= 0.3 is 6.18 Å². The first kappa shape index (κ1) is 13.5. The molecule has 1 aromatic rings. The van der Waals surface area contributed by atoms with Crippen molar-refractivity contribution in [3.8, 4) is 0 Å². The molecule has 1 amide bonds. The lowest BCUT2D eigenvalue weighted by Gasteiger charge is -2.38. The molecule has 0 unspecified atom stereocenters.